The van der Waals surface area contributed by atoms with Crippen molar-refractivity contribution in [3.8, 4) is 0 Å². The minimum Gasteiger partial charge on any atom is -0.480 e. The quantitative estimate of drug-likeness (QED) is 0.800. The second-order valence-corrected chi connectivity index (χ2v) is 4.20. The molecule has 0 saturated heterocycles. The van der Waals surface area contributed by atoms with Gasteiger partial charge in [-0.2, -0.15) is 0 Å². The third-order valence-corrected chi connectivity index (χ3v) is 3.24. The van der Waals surface area contributed by atoms with E-state index in [1.165, 1.54) is 23.1 Å². The van der Waals surface area contributed by atoms with Gasteiger partial charge in [-0.05, 0) is 0 Å². The average Bonchev–Trinajstić information content (AvgIpc) is 2.75. The topological polar surface area (TPSA) is 62.5 Å². The molecule has 0 aliphatic carbocycles. The Morgan fingerprint density at radius 3 is 3.08 bits per heavy atom. The smallest absolute Gasteiger partial charge is 0.329 e. The number of hydrogen-bond donors (Lipinski definition) is 1. The molecule has 2 heterocycles. The van der Waals surface area contributed by atoms with Crippen molar-refractivity contribution in [1.82, 2.24) is 4.98 Å². The summed E-state index contributed by atoms with van der Waals surface area (Å²) in [6.45, 7) is 0. The summed E-state index contributed by atoms with van der Waals surface area (Å²) in [5.41, 5.74) is 2.51. The van der Waals surface area contributed by atoms with E-state index in [1.54, 1.807) is 5.51 Å². The highest BCUT2D eigenvalue weighted by Gasteiger charge is 2.25. The molecule has 2 rings (SSSR count). The summed E-state index contributed by atoms with van der Waals surface area (Å²) in [5.74, 6) is -0.347. The molecule has 1 atom stereocenters. The SMILES string of the molecule is O=C(O)C1CSC(c2cscn2)=N1. The van der Waals surface area contributed by atoms with Crippen LogP contribution in [0.15, 0.2) is 15.9 Å². The fourth-order valence-electron chi connectivity index (χ4n) is 0.959. The van der Waals surface area contributed by atoms with Crippen LogP contribution in [0.25, 0.3) is 0 Å². The number of carboxylic acids is 1. The van der Waals surface area contributed by atoms with Crippen molar-refractivity contribution in [3.05, 3.63) is 16.6 Å². The molecular weight excluding hydrogens is 208 g/mol. The lowest BCUT2D eigenvalue weighted by atomic mass is 10.4. The molecule has 1 aromatic heterocycles. The van der Waals surface area contributed by atoms with E-state index in [4.69, 9.17) is 5.11 Å². The Morgan fingerprint density at radius 1 is 1.69 bits per heavy atom. The largest absolute Gasteiger partial charge is 0.480 e. The molecule has 1 aliphatic rings. The van der Waals surface area contributed by atoms with E-state index in [-0.39, 0.29) is 0 Å². The van der Waals surface area contributed by atoms with Gasteiger partial charge in [-0.15, -0.1) is 23.1 Å². The number of thiazole rings is 1. The summed E-state index contributed by atoms with van der Waals surface area (Å²) in [6, 6.07) is -0.596. The monoisotopic (exact) mass is 214 g/mol. The van der Waals surface area contributed by atoms with Crippen molar-refractivity contribution in [2.75, 3.05) is 5.75 Å². The first-order valence-corrected chi connectivity index (χ1v) is 5.52. The van der Waals surface area contributed by atoms with Gasteiger partial charge in [0.25, 0.3) is 0 Å². The van der Waals surface area contributed by atoms with Crippen LogP contribution >= 0.6 is 23.1 Å². The van der Waals surface area contributed by atoms with Crippen molar-refractivity contribution in [2.45, 2.75) is 6.04 Å². The van der Waals surface area contributed by atoms with E-state index in [0.717, 1.165) is 10.7 Å². The van der Waals surface area contributed by atoms with Crippen molar-refractivity contribution in [1.29, 1.82) is 0 Å². The lowest BCUT2D eigenvalue weighted by molar-refractivity contribution is -0.137. The number of aliphatic imine (C=N–C) groups is 1. The normalized spacial score (nSPS) is 21.5. The highest BCUT2D eigenvalue weighted by atomic mass is 32.2. The minimum absolute atomic E-state index is 0.516. The summed E-state index contributed by atoms with van der Waals surface area (Å²) in [7, 11) is 0. The fourth-order valence-corrected chi connectivity index (χ4v) is 2.56. The summed E-state index contributed by atoms with van der Waals surface area (Å²) in [4.78, 5) is 18.7. The molecule has 6 heteroatoms. The van der Waals surface area contributed by atoms with E-state index in [9.17, 15) is 4.79 Å². The molecule has 0 bridgehead atoms. The Balaban J connectivity index is 2.20. The molecule has 0 saturated carbocycles. The first-order chi connectivity index (χ1) is 6.27. The predicted molar refractivity (Wildman–Crippen MR) is 52.5 cm³/mol. The van der Waals surface area contributed by atoms with Gasteiger partial charge in [-0.3, -0.25) is 4.99 Å². The number of thioether (sulfide) groups is 1. The maximum atomic E-state index is 10.6. The van der Waals surface area contributed by atoms with Gasteiger partial charge in [-0.25, -0.2) is 9.78 Å². The molecule has 1 N–H and O–H groups in total. The van der Waals surface area contributed by atoms with Crippen molar-refractivity contribution in [3.63, 3.8) is 0 Å². The fraction of sp³-hybridized carbons (Fsp3) is 0.286. The van der Waals surface area contributed by atoms with Crippen molar-refractivity contribution >= 4 is 34.1 Å². The molecule has 0 radical (unpaired) electrons. The Kier molecular flexibility index (Phi) is 2.32. The third-order valence-electron chi connectivity index (χ3n) is 1.59. The van der Waals surface area contributed by atoms with E-state index >= 15 is 0 Å². The Bertz CT molecular complexity index is 347. The molecule has 1 aliphatic heterocycles. The summed E-state index contributed by atoms with van der Waals surface area (Å²) in [6.07, 6.45) is 0. The molecule has 1 unspecified atom stereocenters. The average molecular weight is 214 g/mol. The Morgan fingerprint density at radius 2 is 2.54 bits per heavy atom. The lowest BCUT2D eigenvalue weighted by Gasteiger charge is -1.93. The second-order valence-electron chi connectivity index (χ2n) is 2.47. The van der Waals surface area contributed by atoms with E-state index < -0.39 is 12.0 Å². The van der Waals surface area contributed by atoms with Gasteiger partial charge >= 0.3 is 5.97 Å². The number of hydrogen-bond acceptors (Lipinski definition) is 5. The van der Waals surface area contributed by atoms with Gasteiger partial charge in [0.05, 0.1) is 5.51 Å². The minimum atomic E-state index is -0.863. The standard InChI is InChI=1S/C7H6N2O2S2/c10-7(11)5-2-13-6(9-5)4-1-12-3-8-4/h1,3,5H,2H2,(H,10,11). The molecule has 0 aromatic carbocycles. The Hall–Kier alpha value is -0.880. The summed E-state index contributed by atoms with van der Waals surface area (Å²) in [5, 5.41) is 11.3. The van der Waals surface area contributed by atoms with E-state index in [1.807, 2.05) is 5.38 Å². The van der Waals surface area contributed by atoms with Crippen LogP contribution in [-0.4, -0.2) is 32.9 Å². The van der Waals surface area contributed by atoms with Gasteiger partial charge in [0.15, 0.2) is 6.04 Å². The van der Waals surface area contributed by atoms with Crippen LogP contribution in [0.4, 0.5) is 0 Å². The summed E-state index contributed by atoms with van der Waals surface area (Å²) < 4.78 is 0. The van der Waals surface area contributed by atoms with E-state index in [0.29, 0.717) is 5.75 Å². The highest BCUT2D eigenvalue weighted by Crippen LogP contribution is 2.23. The van der Waals surface area contributed by atoms with Crippen LogP contribution in [0.1, 0.15) is 5.69 Å². The van der Waals surface area contributed by atoms with E-state index in [2.05, 4.69) is 9.98 Å². The maximum Gasteiger partial charge on any atom is 0.329 e. The molecule has 1 aromatic rings. The number of nitrogens with zero attached hydrogens (tertiary/aromatic N) is 2. The molecule has 4 nitrogen and oxygen atoms in total. The van der Waals surface area contributed by atoms with Crippen molar-refractivity contribution in [2.24, 2.45) is 4.99 Å². The third kappa shape index (κ3) is 1.73. The molecule has 0 amide bonds. The van der Waals surface area contributed by atoms with Gasteiger partial charge < -0.3 is 5.11 Å². The number of aliphatic carboxylic acids is 1. The zero-order valence-electron chi connectivity index (χ0n) is 6.51. The molecule has 0 spiro atoms. The molecular formula is C7H6N2O2S2. The summed E-state index contributed by atoms with van der Waals surface area (Å²) >= 11 is 2.93. The van der Waals surface area contributed by atoms with Crippen LogP contribution < -0.4 is 0 Å². The lowest BCUT2D eigenvalue weighted by Crippen LogP contribution is -2.17. The predicted octanol–water partition coefficient (Wildman–Crippen LogP) is 1.09. The first-order valence-electron chi connectivity index (χ1n) is 3.59. The van der Waals surface area contributed by atoms with Crippen LogP contribution in [0, 0.1) is 0 Å². The van der Waals surface area contributed by atoms with Crippen LogP contribution in [0.2, 0.25) is 0 Å². The highest BCUT2D eigenvalue weighted by molar-refractivity contribution is 8.14. The number of carbonyl (C=O) groups is 1. The van der Waals surface area contributed by atoms with Gasteiger partial charge in [-0.1, -0.05) is 0 Å². The number of rotatable bonds is 2. The molecule has 68 valence electrons. The number of carboxylic acid groups (broad SMARTS) is 1. The molecule has 0 fully saturated rings. The Labute approximate surface area is 82.7 Å². The first kappa shape index (κ1) is 8.71. The van der Waals surface area contributed by atoms with Crippen LogP contribution in [-0.2, 0) is 4.79 Å². The van der Waals surface area contributed by atoms with Crippen LogP contribution in [0.3, 0.4) is 0 Å². The van der Waals surface area contributed by atoms with Gasteiger partial charge in [0.1, 0.15) is 10.7 Å². The van der Waals surface area contributed by atoms with Gasteiger partial charge in [0, 0.05) is 11.1 Å². The van der Waals surface area contributed by atoms with Crippen LogP contribution in [0.5, 0.6) is 0 Å². The zero-order chi connectivity index (χ0) is 9.26. The maximum absolute atomic E-state index is 10.6. The molecule has 13 heavy (non-hydrogen) atoms. The van der Waals surface area contributed by atoms with Crippen molar-refractivity contribution < 1.29 is 9.90 Å². The number of aromatic nitrogens is 1. The van der Waals surface area contributed by atoms with Gasteiger partial charge in [0.2, 0.25) is 0 Å². The second kappa shape index (κ2) is 3.47. The zero-order valence-corrected chi connectivity index (χ0v) is 8.14.